The summed E-state index contributed by atoms with van der Waals surface area (Å²) < 4.78 is 0. The van der Waals surface area contributed by atoms with Crippen LogP contribution in [-0.2, 0) is 0 Å². The molecular weight excluding hydrogens is 146 g/mol. The van der Waals surface area contributed by atoms with E-state index in [4.69, 9.17) is 16.9 Å². The Morgan fingerprint density at radius 3 is 1.80 bits per heavy atom. The topological polar surface area (TPSA) is 23.8 Å². The molecule has 0 amide bonds. The molecule has 0 aliphatic heterocycles. The molecule has 0 N–H and O–H groups in total. The van der Waals surface area contributed by atoms with Crippen LogP contribution >= 0.6 is 11.6 Å². The van der Waals surface area contributed by atoms with Crippen molar-refractivity contribution in [3.63, 3.8) is 0 Å². The molecule has 0 radical (unpaired) electrons. The third-order valence-corrected chi connectivity index (χ3v) is 1.30. The first-order chi connectivity index (χ1) is 4.27. The van der Waals surface area contributed by atoms with Gasteiger partial charge in [-0.2, -0.15) is 5.26 Å². The Hall–Kier alpha value is -0.220. The van der Waals surface area contributed by atoms with Gasteiger partial charge in [-0.05, 0) is 34.1 Å². The lowest BCUT2D eigenvalue weighted by Gasteiger charge is -2.23. The highest BCUT2D eigenvalue weighted by Crippen LogP contribution is 2.30. The highest BCUT2D eigenvalue weighted by Gasteiger charge is 2.26. The van der Waals surface area contributed by atoms with Crippen molar-refractivity contribution in [2.24, 2.45) is 5.41 Å². The maximum atomic E-state index is 8.65. The molecule has 0 aromatic rings. The van der Waals surface area contributed by atoms with Crippen molar-refractivity contribution >= 4 is 11.6 Å². The van der Waals surface area contributed by atoms with Crippen LogP contribution < -0.4 is 0 Å². The molecule has 0 rings (SSSR count). The predicted octanol–water partition coefficient (Wildman–Crippen LogP) is 2.94. The van der Waals surface area contributed by atoms with Gasteiger partial charge in [0.05, 0.1) is 11.5 Å². The highest BCUT2D eigenvalue weighted by molar-refractivity contribution is 6.23. The van der Waals surface area contributed by atoms with Crippen LogP contribution in [0.25, 0.3) is 0 Å². The minimum absolute atomic E-state index is 0.265. The van der Waals surface area contributed by atoms with Gasteiger partial charge in [0, 0.05) is 4.87 Å². The number of rotatable bonds is 2. The molecule has 2 heteroatoms. The van der Waals surface area contributed by atoms with Crippen LogP contribution in [0.15, 0.2) is 0 Å². The fourth-order valence-electron chi connectivity index (χ4n) is 1.09. The quantitative estimate of drug-likeness (QED) is 0.569. The van der Waals surface area contributed by atoms with Crippen molar-refractivity contribution in [1.82, 2.24) is 0 Å². The summed E-state index contributed by atoms with van der Waals surface area (Å²) in [6, 6.07) is 2.21. The van der Waals surface area contributed by atoms with E-state index < -0.39 is 0 Å². The number of halogens is 1. The Morgan fingerprint density at radius 2 is 1.70 bits per heavy atom. The molecule has 0 aliphatic rings. The fourth-order valence-corrected chi connectivity index (χ4v) is 1.42. The number of hydrogen-bond acceptors (Lipinski definition) is 1. The van der Waals surface area contributed by atoms with E-state index in [1.165, 1.54) is 0 Å². The van der Waals surface area contributed by atoms with Crippen molar-refractivity contribution in [3.8, 4) is 6.07 Å². The normalized spacial score (nSPS) is 12.8. The second-order valence-corrected chi connectivity index (χ2v) is 4.91. The second kappa shape index (κ2) is 2.80. The van der Waals surface area contributed by atoms with E-state index in [0.29, 0.717) is 0 Å². The SMILES string of the molecule is CC(C)(Cl)CC(C)(C)C#N. The summed E-state index contributed by atoms with van der Waals surface area (Å²) in [5, 5.41) is 8.65. The van der Waals surface area contributed by atoms with E-state index in [-0.39, 0.29) is 10.3 Å². The molecule has 0 aromatic heterocycles. The Balaban J connectivity index is 4.05. The summed E-state index contributed by atoms with van der Waals surface area (Å²) in [6.07, 6.45) is 0.720. The van der Waals surface area contributed by atoms with Crippen LogP contribution in [0.4, 0.5) is 0 Å². The first-order valence-electron chi connectivity index (χ1n) is 3.37. The fraction of sp³-hybridized carbons (Fsp3) is 0.875. The summed E-state index contributed by atoms with van der Waals surface area (Å²) in [5.41, 5.74) is -0.300. The lowest BCUT2D eigenvalue weighted by atomic mass is 9.85. The summed E-state index contributed by atoms with van der Waals surface area (Å²) in [7, 11) is 0. The Bertz CT molecular complexity index is 148. The molecular formula is C8H14ClN. The molecule has 10 heavy (non-hydrogen) atoms. The van der Waals surface area contributed by atoms with Gasteiger partial charge in [0.15, 0.2) is 0 Å². The average Bonchev–Trinajstić information content (AvgIpc) is 1.60. The van der Waals surface area contributed by atoms with Crippen LogP contribution in [0.3, 0.4) is 0 Å². The van der Waals surface area contributed by atoms with Gasteiger partial charge in [-0.15, -0.1) is 11.6 Å². The van der Waals surface area contributed by atoms with E-state index in [9.17, 15) is 0 Å². The van der Waals surface area contributed by atoms with Crippen LogP contribution in [0.1, 0.15) is 34.1 Å². The third-order valence-electron chi connectivity index (χ3n) is 1.16. The highest BCUT2D eigenvalue weighted by atomic mass is 35.5. The Morgan fingerprint density at radius 1 is 1.30 bits per heavy atom. The molecule has 0 saturated heterocycles. The number of nitrogens with zero attached hydrogens (tertiary/aromatic N) is 1. The maximum Gasteiger partial charge on any atom is 0.0684 e. The van der Waals surface area contributed by atoms with Gasteiger partial charge in [-0.3, -0.25) is 0 Å². The van der Waals surface area contributed by atoms with Crippen molar-refractivity contribution in [1.29, 1.82) is 5.26 Å². The van der Waals surface area contributed by atoms with Gasteiger partial charge < -0.3 is 0 Å². The van der Waals surface area contributed by atoms with Crippen molar-refractivity contribution in [2.45, 2.75) is 39.0 Å². The molecule has 1 nitrogen and oxygen atoms in total. The van der Waals surface area contributed by atoms with Crippen molar-refractivity contribution < 1.29 is 0 Å². The molecule has 0 spiro atoms. The molecule has 0 atom stereocenters. The summed E-state index contributed by atoms with van der Waals surface area (Å²) in [5.74, 6) is 0. The van der Waals surface area contributed by atoms with Crippen molar-refractivity contribution in [3.05, 3.63) is 0 Å². The predicted molar refractivity (Wildman–Crippen MR) is 43.9 cm³/mol. The third kappa shape index (κ3) is 4.64. The molecule has 0 aliphatic carbocycles. The van der Waals surface area contributed by atoms with Gasteiger partial charge in [0.2, 0.25) is 0 Å². The standard InChI is InChI=1S/C8H14ClN/c1-7(2,6-10)5-8(3,4)9/h5H2,1-4H3. The molecule has 0 fully saturated rings. The van der Waals surface area contributed by atoms with Gasteiger partial charge in [0.1, 0.15) is 0 Å². The first kappa shape index (κ1) is 9.78. The van der Waals surface area contributed by atoms with Crippen LogP contribution in [0.2, 0.25) is 0 Å². The Labute approximate surface area is 68.0 Å². The Kier molecular flexibility index (Phi) is 2.74. The monoisotopic (exact) mass is 159 g/mol. The van der Waals surface area contributed by atoms with Crippen LogP contribution in [-0.4, -0.2) is 4.87 Å². The molecule has 0 saturated carbocycles. The number of nitriles is 1. The minimum atomic E-state index is -0.300. The van der Waals surface area contributed by atoms with Crippen LogP contribution in [0, 0.1) is 16.7 Å². The van der Waals surface area contributed by atoms with E-state index in [0.717, 1.165) is 6.42 Å². The maximum absolute atomic E-state index is 8.65. The summed E-state index contributed by atoms with van der Waals surface area (Å²) >= 11 is 5.95. The van der Waals surface area contributed by atoms with Gasteiger partial charge in [-0.1, -0.05) is 0 Å². The van der Waals surface area contributed by atoms with E-state index in [2.05, 4.69) is 6.07 Å². The van der Waals surface area contributed by atoms with E-state index in [1.54, 1.807) is 0 Å². The lowest BCUT2D eigenvalue weighted by Crippen LogP contribution is -2.21. The number of hydrogen-bond donors (Lipinski definition) is 0. The van der Waals surface area contributed by atoms with Crippen molar-refractivity contribution in [2.75, 3.05) is 0 Å². The van der Waals surface area contributed by atoms with E-state index in [1.807, 2.05) is 27.7 Å². The minimum Gasteiger partial charge on any atom is -0.198 e. The van der Waals surface area contributed by atoms with Gasteiger partial charge in [-0.25, -0.2) is 0 Å². The smallest absolute Gasteiger partial charge is 0.0684 e. The molecule has 0 heterocycles. The molecule has 58 valence electrons. The van der Waals surface area contributed by atoms with Crippen LogP contribution in [0.5, 0.6) is 0 Å². The lowest BCUT2D eigenvalue weighted by molar-refractivity contribution is 0.396. The second-order valence-electron chi connectivity index (χ2n) is 3.89. The average molecular weight is 160 g/mol. The zero-order valence-corrected chi connectivity index (χ0v) is 7.79. The molecule has 0 aromatic carbocycles. The molecule has 0 unspecified atom stereocenters. The summed E-state index contributed by atoms with van der Waals surface area (Å²) in [4.78, 5) is -0.265. The first-order valence-corrected chi connectivity index (χ1v) is 3.75. The largest absolute Gasteiger partial charge is 0.198 e. The zero-order chi connectivity index (χ0) is 8.41. The zero-order valence-electron chi connectivity index (χ0n) is 7.03. The van der Waals surface area contributed by atoms with Gasteiger partial charge in [0.25, 0.3) is 0 Å². The van der Waals surface area contributed by atoms with Gasteiger partial charge >= 0.3 is 0 Å². The molecule has 0 bridgehead atoms. The summed E-state index contributed by atoms with van der Waals surface area (Å²) in [6.45, 7) is 7.65. The van der Waals surface area contributed by atoms with E-state index >= 15 is 0 Å². The number of alkyl halides is 1.